The van der Waals surface area contributed by atoms with E-state index in [2.05, 4.69) is 22.6 Å². The second-order valence-electron chi connectivity index (χ2n) is 6.05. The Morgan fingerprint density at radius 3 is 2.83 bits per heavy atom. The minimum absolute atomic E-state index is 0.0258. The Balaban J connectivity index is 1.63. The molecule has 1 aliphatic rings. The van der Waals surface area contributed by atoms with Crippen LogP contribution in [-0.4, -0.2) is 50.0 Å². The fourth-order valence-electron chi connectivity index (χ4n) is 2.81. The maximum atomic E-state index is 12.6. The zero-order chi connectivity index (χ0) is 16.9. The third kappa shape index (κ3) is 3.90. The summed E-state index contributed by atoms with van der Waals surface area (Å²) in [7, 11) is 0. The van der Waals surface area contributed by atoms with Gasteiger partial charge in [0.15, 0.2) is 0 Å². The predicted octanol–water partition coefficient (Wildman–Crippen LogP) is 2.87. The van der Waals surface area contributed by atoms with Crippen LogP contribution in [0.1, 0.15) is 31.9 Å². The number of amides is 2. The van der Waals surface area contributed by atoms with Gasteiger partial charge in [-0.2, -0.15) is 11.8 Å². The Morgan fingerprint density at radius 2 is 2.12 bits per heavy atom. The molecule has 1 N–H and O–H groups in total. The SMILES string of the molecule is CC(NC(=O)N1CCSCCC1C)c1ccc(-n2ccnn2)cc1. The highest BCUT2D eigenvalue weighted by Crippen LogP contribution is 2.19. The van der Waals surface area contributed by atoms with Crippen molar-refractivity contribution in [3.63, 3.8) is 0 Å². The third-order valence-corrected chi connectivity index (χ3v) is 5.37. The summed E-state index contributed by atoms with van der Waals surface area (Å²) in [6.45, 7) is 4.96. The molecule has 7 heteroatoms. The molecule has 3 rings (SSSR count). The topological polar surface area (TPSA) is 63.1 Å². The van der Waals surface area contributed by atoms with Crippen LogP contribution in [0.15, 0.2) is 36.7 Å². The first-order chi connectivity index (χ1) is 11.6. The van der Waals surface area contributed by atoms with Crippen molar-refractivity contribution in [2.24, 2.45) is 0 Å². The van der Waals surface area contributed by atoms with Crippen LogP contribution in [0.4, 0.5) is 4.79 Å². The van der Waals surface area contributed by atoms with Gasteiger partial charge in [0.05, 0.1) is 24.1 Å². The first-order valence-electron chi connectivity index (χ1n) is 8.26. The predicted molar refractivity (Wildman–Crippen MR) is 96.4 cm³/mol. The molecule has 0 spiro atoms. The fraction of sp³-hybridized carbons (Fsp3) is 0.471. The first-order valence-corrected chi connectivity index (χ1v) is 9.42. The molecule has 0 bridgehead atoms. The lowest BCUT2D eigenvalue weighted by atomic mass is 10.1. The number of thioether (sulfide) groups is 1. The molecule has 0 saturated carbocycles. The number of carbonyl (C=O) groups excluding carboxylic acids is 1. The molecule has 2 aromatic rings. The molecule has 0 radical (unpaired) electrons. The number of aromatic nitrogens is 3. The minimum atomic E-state index is -0.0367. The maximum Gasteiger partial charge on any atom is 0.318 e. The zero-order valence-corrected chi connectivity index (χ0v) is 14.9. The summed E-state index contributed by atoms with van der Waals surface area (Å²) in [6.07, 6.45) is 4.51. The van der Waals surface area contributed by atoms with E-state index in [1.165, 1.54) is 0 Å². The van der Waals surface area contributed by atoms with E-state index >= 15 is 0 Å². The summed E-state index contributed by atoms with van der Waals surface area (Å²) < 4.78 is 1.71. The number of nitrogens with one attached hydrogen (secondary N) is 1. The highest BCUT2D eigenvalue weighted by Gasteiger charge is 2.23. The van der Waals surface area contributed by atoms with Crippen LogP contribution < -0.4 is 5.32 Å². The van der Waals surface area contributed by atoms with Crippen LogP contribution in [0.2, 0.25) is 0 Å². The summed E-state index contributed by atoms with van der Waals surface area (Å²) in [5.41, 5.74) is 2.03. The van der Waals surface area contributed by atoms with E-state index in [0.29, 0.717) is 6.04 Å². The van der Waals surface area contributed by atoms with E-state index in [1.807, 2.05) is 47.9 Å². The highest BCUT2D eigenvalue weighted by atomic mass is 32.2. The van der Waals surface area contributed by atoms with E-state index in [0.717, 1.165) is 35.7 Å². The van der Waals surface area contributed by atoms with Gasteiger partial charge in [-0.3, -0.25) is 0 Å². The van der Waals surface area contributed by atoms with Gasteiger partial charge >= 0.3 is 6.03 Å². The number of hydrogen-bond donors (Lipinski definition) is 1. The quantitative estimate of drug-likeness (QED) is 0.929. The van der Waals surface area contributed by atoms with Crippen molar-refractivity contribution >= 4 is 17.8 Å². The van der Waals surface area contributed by atoms with Gasteiger partial charge < -0.3 is 10.2 Å². The van der Waals surface area contributed by atoms with Crippen molar-refractivity contribution in [1.29, 1.82) is 0 Å². The largest absolute Gasteiger partial charge is 0.331 e. The highest BCUT2D eigenvalue weighted by molar-refractivity contribution is 7.99. The van der Waals surface area contributed by atoms with Crippen LogP contribution in [0.3, 0.4) is 0 Å². The third-order valence-electron chi connectivity index (χ3n) is 4.37. The average molecular weight is 345 g/mol. The molecule has 24 heavy (non-hydrogen) atoms. The Labute approximate surface area is 146 Å². The number of hydrogen-bond acceptors (Lipinski definition) is 4. The molecule has 2 heterocycles. The average Bonchev–Trinajstić information content (AvgIpc) is 3.04. The Bertz CT molecular complexity index is 658. The van der Waals surface area contributed by atoms with Crippen molar-refractivity contribution in [3.8, 4) is 5.69 Å². The van der Waals surface area contributed by atoms with Gasteiger partial charge in [-0.15, -0.1) is 5.10 Å². The number of benzene rings is 1. The molecule has 6 nitrogen and oxygen atoms in total. The van der Waals surface area contributed by atoms with Crippen molar-refractivity contribution in [1.82, 2.24) is 25.2 Å². The Kier molecular flexibility index (Phi) is 5.40. The molecular weight excluding hydrogens is 322 g/mol. The van der Waals surface area contributed by atoms with Crippen molar-refractivity contribution < 1.29 is 4.79 Å². The summed E-state index contributed by atoms with van der Waals surface area (Å²) in [4.78, 5) is 14.5. The van der Waals surface area contributed by atoms with Crippen LogP contribution in [0, 0.1) is 0 Å². The second kappa shape index (κ2) is 7.70. The number of carbonyl (C=O) groups is 1. The van der Waals surface area contributed by atoms with Gasteiger partial charge in [-0.1, -0.05) is 17.3 Å². The molecule has 2 amide bonds. The maximum absolute atomic E-state index is 12.6. The molecule has 2 unspecified atom stereocenters. The number of rotatable bonds is 3. The molecule has 2 atom stereocenters. The zero-order valence-electron chi connectivity index (χ0n) is 14.1. The van der Waals surface area contributed by atoms with Gasteiger partial charge in [0.25, 0.3) is 0 Å². The van der Waals surface area contributed by atoms with Crippen molar-refractivity contribution in [3.05, 3.63) is 42.2 Å². The standard InChI is InChI=1S/C17H23N5OS/c1-13-7-11-24-12-10-21(13)17(23)19-14(2)15-3-5-16(6-4-15)22-9-8-18-20-22/h3-6,8-9,13-14H,7,10-12H2,1-2H3,(H,19,23). The first kappa shape index (κ1) is 16.8. The normalized spacial score (nSPS) is 19.6. The van der Waals surface area contributed by atoms with Gasteiger partial charge in [0, 0.05) is 18.3 Å². The number of urea groups is 1. The lowest BCUT2D eigenvalue weighted by molar-refractivity contribution is 0.180. The van der Waals surface area contributed by atoms with Crippen LogP contribution in [-0.2, 0) is 0 Å². The van der Waals surface area contributed by atoms with E-state index in [9.17, 15) is 4.79 Å². The van der Waals surface area contributed by atoms with Crippen LogP contribution >= 0.6 is 11.8 Å². The lowest BCUT2D eigenvalue weighted by Crippen LogP contribution is -2.46. The van der Waals surface area contributed by atoms with E-state index in [-0.39, 0.29) is 12.1 Å². The molecule has 1 aliphatic heterocycles. The van der Waals surface area contributed by atoms with Crippen LogP contribution in [0.25, 0.3) is 5.69 Å². The molecule has 1 saturated heterocycles. The summed E-state index contributed by atoms with van der Waals surface area (Å²) in [6, 6.07) is 8.29. The monoisotopic (exact) mass is 345 g/mol. The minimum Gasteiger partial charge on any atom is -0.331 e. The Morgan fingerprint density at radius 1 is 1.33 bits per heavy atom. The van der Waals surface area contributed by atoms with Crippen LogP contribution in [0.5, 0.6) is 0 Å². The van der Waals surface area contributed by atoms with Gasteiger partial charge in [-0.05, 0) is 43.7 Å². The smallest absolute Gasteiger partial charge is 0.318 e. The molecule has 1 aromatic heterocycles. The van der Waals surface area contributed by atoms with Gasteiger partial charge in [0.1, 0.15) is 0 Å². The molecule has 1 aromatic carbocycles. The van der Waals surface area contributed by atoms with Gasteiger partial charge in [0.2, 0.25) is 0 Å². The van der Waals surface area contributed by atoms with E-state index < -0.39 is 0 Å². The molecule has 1 fully saturated rings. The van der Waals surface area contributed by atoms with E-state index in [4.69, 9.17) is 0 Å². The molecular formula is C17H23N5OS. The number of nitrogens with zero attached hydrogens (tertiary/aromatic N) is 4. The summed E-state index contributed by atoms with van der Waals surface area (Å²) in [5, 5.41) is 10.9. The van der Waals surface area contributed by atoms with E-state index in [1.54, 1.807) is 17.1 Å². The summed E-state index contributed by atoms with van der Waals surface area (Å²) in [5.74, 6) is 2.14. The fourth-order valence-corrected chi connectivity index (χ4v) is 3.85. The van der Waals surface area contributed by atoms with Crippen molar-refractivity contribution in [2.45, 2.75) is 32.4 Å². The Hall–Kier alpha value is -2.02. The molecule has 128 valence electrons. The van der Waals surface area contributed by atoms with Crippen molar-refractivity contribution in [2.75, 3.05) is 18.1 Å². The van der Waals surface area contributed by atoms with Gasteiger partial charge in [-0.25, -0.2) is 9.48 Å². The lowest BCUT2D eigenvalue weighted by Gasteiger charge is -2.28. The second-order valence-corrected chi connectivity index (χ2v) is 7.28. The molecule has 0 aliphatic carbocycles. The summed E-state index contributed by atoms with van der Waals surface area (Å²) >= 11 is 1.92.